The third-order valence-electron chi connectivity index (χ3n) is 4.92. The minimum atomic E-state index is -0.302. The van der Waals surface area contributed by atoms with Crippen molar-refractivity contribution in [3.05, 3.63) is 30.1 Å². The number of nitrogens with one attached hydrogen (secondary N) is 1. The zero-order chi connectivity index (χ0) is 17.6. The molecule has 1 saturated carbocycles. The van der Waals surface area contributed by atoms with Crippen LogP contribution in [0.4, 0.5) is 10.1 Å². The number of amides is 1. The second kappa shape index (κ2) is 10.2. The topological polar surface area (TPSA) is 44.7 Å². The maximum atomic E-state index is 12.9. The van der Waals surface area contributed by atoms with Gasteiger partial charge in [0.05, 0.1) is 6.04 Å². The third-order valence-corrected chi connectivity index (χ3v) is 6.12. The zero-order valence-electron chi connectivity index (χ0n) is 15.1. The van der Waals surface area contributed by atoms with E-state index in [1.165, 1.54) is 50.7 Å². The van der Waals surface area contributed by atoms with Crippen LogP contribution in [-0.2, 0) is 4.79 Å². The highest BCUT2D eigenvalue weighted by atomic mass is 35.5. The summed E-state index contributed by atoms with van der Waals surface area (Å²) in [7, 11) is 2.03. The molecule has 1 heterocycles. The van der Waals surface area contributed by atoms with Crippen LogP contribution in [0.25, 0.3) is 0 Å². The number of aliphatic imine (C=N–C) groups is 1. The number of amidine groups is 1. The number of nitrogens with zero attached hydrogens (tertiary/aromatic N) is 2. The lowest BCUT2D eigenvalue weighted by atomic mass is 10.1. The largest absolute Gasteiger partial charge is 0.350 e. The van der Waals surface area contributed by atoms with E-state index in [-0.39, 0.29) is 30.2 Å². The average Bonchev–Trinajstić information content (AvgIpc) is 2.79. The molecule has 1 aliphatic carbocycles. The first-order valence-electron chi connectivity index (χ1n) is 9.10. The van der Waals surface area contributed by atoms with Gasteiger partial charge in [-0.25, -0.2) is 4.39 Å². The van der Waals surface area contributed by atoms with Crippen LogP contribution in [0.3, 0.4) is 0 Å². The molecule has 26 heavy (non-hydrogen) atoms. The Morgan fingerprint density at radius 3 is 2.54 bits per heavy atom. The number of rotatable bonds is 4. The number of carbonyl (C=O) groups is 1. The molecule has 7 heteroatoms. The molecule has 1 aliphatic heterocycles. The zero-order valence-corrected chi connectivity index (χ0v) is 16.8. The Labute approximate surface area is 165 Å². The smallest absolute Gasteiger partial charge is 0.226 e. The summed E-state index contributed by atoms with van der Waals surface area (Å²) in [6, 6.07) is 6.47. The maximum Gasteiger partial charge on any atom is 0.226 e. The average molecular weight is 400 g/mol. The molecule has 1 aromatic rings. The van der Waals surface area contributed by atoms with Gasteiger partial charge in [-0.1, -0.05) is 37.4 Å². The second-order valence-corrected chi connectivity index (χ2v) is 7.88. The van der Waals surface area contributed by atoms with Gasteiger partial charge in [0.15, 0.2) is 5.17 Å². The van der Waals surface area contributed by atoms with Gasteiger partial charge in [-0.2, -0.15) is 0 Å². The number of benzene rings is 1. The fraction of sp³-hybridized carbons (Fsp3) is 0.579. The fourth-order valence-electron chi connectivity index (χ4n) is 3.37. The van der Waals surface area contributed by atoms with Gasteiger partial charge in [0.1, 0.15) is 5.82 Å². The van der Waals surface area contributed by atoms with Gasteiger partial charge in [-0.15, -0.1) is 12.4 Å². The molecule has 144 valence electrons. The van der Waals surface area contributed by atoms with Crippen molar-refractivity contribution in [1.82, 2.24) is 4.90 Å². The highest BCUT2D eigenvalue weighted by molar-refractivity contribution is 8.14. The van der Waals surface area contributed by atoms with E-state index in [0.29, 0.717) is 18.2 Å². The molecule has 1 N–H and O–H groups in total. The number of carbonyl (C=O) groups excluding carboxylic acids is 1. The van der Waals surface area contributed by atoms with Crippen molar-refractivity contribution >= 4 is 40.9 Å². The molecular weight excluding hydrogens is 373 g/mol. The Kier molecular flexibility index (Phi) is 8.22. The molecule has 1 unspecified atom stereocenters. The lowest BCUT2D eigenvalue weighted by Crippen LogP contribution is -2.34. The van der Waals surface area contributed by atoms with Crippen molar-refractivity contribution in [3.63, 3.8) is 0 Å². The molecule has 0 spiro atoms. The maximum absolute atomic E-state index is 12.9. The van der Waals surface area contributed by atoms with Gasteiger partial charge >= 0.3 is 0 Å². The number of thioether (sulfide) groups is 1. The number of halogens is 2. The van der Waals surface area contributed by atoms with E-state index in [1.54, 1.807) is 23.9 Å². The van der Waals surface area contributed by atoms with E-state index in [0.717, 1.165) is 10.9 Å². The van der Waals surface area contributed by atoms with Crippen LogP contribution < -0.4 is 5.32 Å². The molecule has 0 aromatic heterocycles. The fourth-order valence-corrected chi connectivity index (χ4v) is 4.63. The molecule has 1 aromatic carbocycles. The first-order valence-corrected chi connectivity index (χ1v) is 10.1. The van der Waals surface area contributed by atoms with Crippen molar-refractivity contribution in [2.24, 2.45) is 4.99 Å². The summed E-state index contributed by atoms with van der Waals surface area (Å²) in [5, 5.41) is 3.92. The van der Waals surface area contributed by atoms with E-state index in [2.05, 4.69) is 10.2 Å². The number of anilines is 1. The van der Waals surface area contributed by atoms with Gasteiger partial charge in [-0.05, 0) is 37.1 Å². The molecule has 0 bridgehead atoms. The van der Waals surface area contributed by atoms with Crippen molar-refractivity contribution in [2.75, 3.05) is 18.1 Å². The van der Waals surface area contributed by atoms with E-state index >= 15 is 0 Å². The van der Waals surface area contributed by atoms with Crippen molar-refractivity contribution in [3.8, 4) is 0 Å². The summed E-state index contributed by atoms with van der Waals surface area (Å²) in [6.07, 6.45) is 8.01. The van der Waals surface area contributed by atoms with Crippen molar-refractivity contribution < 1.29 is 9.18 Å². The minimum Gasteiger partial charge on any atom is -0.350 e. The lowest BCUT2D eigenvalue weighted by Gasteiger charge is -2.21. The molecule has 1 saturated heterocycles. The Morgan fingerprint density at radius 1 is 1.23 bits per heavy atom. The van der Waals surface area contributed by atoms with Crippen LogP contribution >= 0.6 is 24.2 Å². The van der Waals surface area contributed by atoms with Gasteiger partial charge < -0.3 is 10.2 Å². The van der Waals surface area contributed by atoms with Crippen LogP contribution in [-0.4, -0.2) is 40.9 Å². The van der Waals surface area contributed by atoms with E-state index in [1.807, 2.05) is 7.05 Å². The molecule has 1 atom stereocenters. The van der Waals surface area contributed by atoms with Crippen LogP contribution in [0, 0.1) is 5.82 Å². The summed E-state index contributed by atoms with van der Waals surface area (Å²) < 4.78 is 12.9. The Hall–Kier alpha value is -1.27. The van der Waals surface area contributed by atoms with Crippen molar-refractivity contribution in [2.45, 2.75) is 57.0 Å². The van der Waals surface area contributed by atoms with Crippen LogP contribution in [0.1, 0.15) is 44.9 Å². The summed E-state index contributed by atoms with van der Waals surface area (Å²) in [6.45, 7) is 0. The molecule has 2 fully saturated rings. The second-order valence-electron chi connectivity index (χ2n) is 6.89. The third kappa shape index (κ3) is 5.88. The number of hydrogen-bond acceptors (Lipinski definition) is 3. The van der Waals surface area contributed by atoms with Crippen LogP contribution in [0.15, 0.2) is 29.3 Å². The molecule has 2 aliphatic rings. The lowest BCUT2D eigenvalue weighted by molar-refractivity contribution is -0.116. The summed E-state index contributed by atoms with van der Waals surface area (Å²) in [5.74, 6) is 0.544. The SMILES string of the molecule is CN1C(=NC2CCCCCC2)SCC1CC(=O)Nc1ccc(F)cc1.Cl. The molecule has 1 amide bonds. The number of hydrogen-bond donors (Lipinski definition) is 1. The van der Waals surface area contributed by atoms with Gasteiger partial charge in [0.2, 0.25) is 5.91 Å². The first-order chi connectivity index (χ1) is 12.1. The summed E-state index contributed by atoms with van der Waals surface area (Å²) in [4.78, 5) is 19.4. The highest BCUT2D eigenvalue weighted by Gasteiger charge is 2.29. The van der Waals surface area contributed by atoms with Crippen LogP contribution in [0.2, 0.25) is 0 Å². The normalized spacial score (nSPS) is 22.8. The highest BCUT2D eigenvalue weighted by Crippen LogP contribution is 2.28. The standard InChI is InChI=1S/C19H26FN3OS.ClH/c1-23-17(12-18(24)21-16-10-8-14(20)9-11-16)13-25-19(23)22-15-6-4-2-3-5-7-15;/h8-11,15,17H,2-7,12-13H2,1H3,(H,21,24);1H. The predicted octanol–water partition coefficient (Wildman–Crippen LogP) is 4.70. The van der Waals surface area contributed by atoms with Gasteiger partial charge in [0.25, 0.3) is 0 Å². The minimum absolute atomic E-state index is 0. The quantitative estimate of drug-likeness (QED) is 0.746. The Bertz CT molecular complexity index is 618. The molecule has 0 radical (unpaired) electrons. The van der Waals surface area contributed by atoms with Crippen molar-refractivity contribution in [1.29, 1.82) is 0 Å². The molecular formula is C19H27ClFN3OS. The Balaban J connectivity index is 0.00000243. The van der Waals surface area contributed by atoms with E-state index < -0.39 is 0 Å². The van der Waals surface area contributed by atoms with Gasteiger partial charge in [-0.3, -0.25) is 9.79 Å². The first kappa shape index (κ1) is 21.0. The monoisotopic (exact) mass is 399 g/mol. The molecule has 3 rings (SSSR count). The van der Waals surface area contributed by atoms with E-state index in [9.17, 15) is 9.18 Å². The van der Waals surface area contributed by atoms with Gasteiger partial charge in [0, 0.05) is 31.0 Å². The summed E-state index contributed by atoms with van der Waals surface area (Å²) in [5.41, 5.74) is 0.632. The van der Waals surface area contributed by atoms with E-state index in [4.69, 9.17) is 4.99 Å². The summed E-state index contributed by atoms with van der Waals surface area (Å²) >= 11 is 1.76. The predicted molar refractivity (Wildman–Crippen MR) is 110 cm³/mol. The molecule has 4 nitrogen and oxygen atoms in total. The Morgan fingerprint density at radius 2 is 1.88 bits per heavy atom. The van der Waals surface area contributed by atoms with Crippen LogP contribution in [0.5, 0.6) is 0 Å².